The maximum atomic E-state index is 12.6. The van der Waals surface area contributed by atoms with E-state index in [4.69, 9.17) is 16.6 Å². The second kappa shape index (κ2) is 14.3. The molecule has 0 aliphatic carbocycles. The lowest BCUT2D eigenvalue weighted by molar-refractivity contribution is -0.143. The first-order valence-corrected chi connectivity index (χ1v) is 10.8. The molecule has 4 atom stereocenters. The van der Waals surface area contributed by atoms with E-state index in [-0.39, 0.29) is 25.7 Å². The summed E-state index contributed by atoms with van der Waals surface area (Å²) in [6.07, 6.45) is -1.21. The third kappa shape index (κ3) is 11.1. The minimum absolute atomic E-state index is 0.229. The van der Waals surface area contributed by atoms with Gasteiger partial charge in [-0.3, -0.25) is 24.0 Å². The highest BCUT2D eigenvalue weighted by Crippen LogP contribution is 2.05. The van der Waals surface area contributed by atoms with Crippen LogP contribution in [0.3, 0.4) is 0 Å². The molecule has 0 aromatic heterocycles. The van der Waals surface area contributed by atoms with Crippen molar-refractivity contribution in [1.29, 1.82) is 0 Å². The van der Waals surface area contributed by atoms with Crippen LogP contribution in [0.25, 0.3) is 0 Å². The summed E-state index contributed by atoms with van der Waals surface area (Å²) in [5.41, 5.74) is 11.7. The van der Waals surface area contributed by atoms with E-state index >= 15 is 0 Å². The molecule has 1 aromatic rings. The Balaban J connectivity index is 2.78. The van der Waals surface area contributed by atoms with Crippen LogP contribution < -0.4 is 27.4 Å². The van der Waals surface area contributed by atoms with Crippen LogP contribution in [0, 0.1) is 0 Å². The first-order valence-electron chi connectivity index (χ1n) is 10.8. The molecule has 0 fully saturated rings. The summed E-state index contributed by atoms with van der Waals surface area (Å²) in [5, 5.41) is 25.1. The van der Waals surface area contributed by atoms with E-state index in [9.17, 15) is 33.9 Å². The zero-order valence-corrected chi connectivity index (χ0v) is 19.2. The minimum atomic E-state index is -1.48. The van der Waals surface area contributed by atoms with Crippen molar-refractivity contribution in [3.8, 4) is 0 Å². The van der Waals surface area contributed by atoms with E-state index in [1.807, 2.05) is 6.07 Å². The summed E-state index contributed by atoms with van der Waals surface area (Å²) in [4.78, 5) is 70.8. The van der Waals surface area contributed by atoms with E-state index in [0.717, 1.165) is 5.56 Å². The van der Waals surface area contributed by atoms with Crippen molar-refractivity contribution in [2.75, 3.05) is 0 Å². The fourth-order valence-corrected chi connectivity index (χ4v) is 3.00. The van der Waals surface area contributed by atoms with Crippen molar-refractivity contribution in [2.24, 2.45) is 11.5 Å². The summed E-state index contributed by atoms with van der Waals surface area (Å²) in [7, 11) is 0. The Hall–Kier alpha value is -4.00. The number of rotatable bonds is 15. The highest BCUT2D eigenvalue weighted by Gasteiger charge is 2.29. The smallest absolute Gasteiger partial charge is 0.326 e. The lowest BCUT2D eigenvalue weighted by Crippen LogP contribution is -2.56. The number of carboxylic acid groups (broad SMARTS) is 2. The van der Waals surface area contributed by atoms with Gasteiger partial charge in [-0.2, -0.15) is 0 Å². The van der Waals surface area contributed by atoms with Gasteiger partial charge in [-0.1, -0.05) is 30.3 Å². The minimum Gasteiger partial charge on any atom is -0.481 e. The zero-order valence-electron chi connectivity index (χ0n) is 19.2. The van der Waals surface area contributed by atoms with Gasteiger partial charge in [0.25, 0.3) is 0 Å². The first-order chi connectivity index (χ1) is 16.4. The number of carboxylic acids is 2. The van der Waals surface area contributed by atoms with Crippen LogP contribution >= 0.6 is 0 Å². The third-order valence-corrected chi connectivity index (χ3v) is 4.96. The van der Waals surface area contributed by atoms with Gasteiger partial charge in [0.15, 0.2) is 0 Å². The third-order valence-electron chi connectivity index (χ3n) is 4.96. The molecule has 0 saturated heterocycles. The summed E-state index contributed by atoms with van der Waals surface area (Å²) < 4.78 is 0. The molecule has 1 rings (SSSR count). The monoisotopic (exact) mass is 493 g/mol. The lowest BCUT2D eigenvalue weighted by Gasteiger charge is -2.23. The molecular weight excluding hydrogens is 462 g/mol. The summed E-state index contributed by atoms with van der Waals surface area (Å²) in [6.45, 7) is 1.35. The van der Waals surface area contributed by atoms with Crippen LogP contribution in [-0.4, -0.2) is 69.9 Å². The van der Waals surface area contributed by atoms with Gasteiger partial charge in [0.05, 0.1) is 6.04 Å². The fraction of sp³-hybridized carbons (Fsp3) is 0.455. The highest BCUT2D eigenvalue weighted by molar-refractivity contribution is 5.94. The number of primary amides is 1. The molecule has 35 heavy (non-hydrogen) atoms. The Morgan fingerprint density at radius 1 is 0.829 bits per heavy atom. The molecule has 4 unspecified atom stereocenters. The number of hydrogen-bond donors (Lipinski definition) is 7. The molecule has 9 N–H and O–H groups in total. The Labute approximate surface area is 201 Å². The van der Waals surface area contributed by atoms with Gasteiger partial charge >= 0.3 is 11.9 Å². The average Bonchev–Trinajstić information content (AvgIpc) is 2.78. The van der Waals surface area contributed by atoms with Crippen molar-refractivity contribution >= 4 is 35.6 Å². The number of benzene rings is 1. The molecule has 0 heterocycles. The van der Waals surface area contributed by atoms with E-state index in [0.29, 0.717) is 0 Å². The second-order valence-electron chi connectivity index (χ2n) is 7.92. The topological polar surface area (TPSA) is 231 Å². The first kappa shape index (κ1) is 29.0. The molecule has 13 heteroatoms. The van der Waals surface area contributed by atoms with Gasteiger partial charge in [-0.05, 0) is 31.7 Å². The van der Waals surface area contributed by atoms with Crippen LogP contribution in [0.15, 0.2) is 30.3 Å². The molecule has 0 radical (unpaired) electrons. The Morgan fingerprint density at radius 2 is 1.40 bits per heavy atom. The molecule has 0 spiro atoms. The number of nitrogens with one attached hydrogen (secondary N) is 3. The van der Waals surface area contributed by atoms with Crippen LogP contribution in [0.1, 0.15) is 38.2 Å². The van der Waals surface area contributed by atoms with Crippen LogP contribution in [-0.2, 0) is 35.2 Å². The quantitative estimate of drug-likeness (QED) is 0.146. The number of nitrogens with two attached hydrogens (primary N) is 2. The van der Waals surface area contributed by atoms with Gasteiger partial charge in [-0.25, -0.2) is 4.79 Å². The van der Waals surface area contributed by atoms with E-state index in [1.54, 1.807) is 24.3 Å². The number of carbonyl (C=O) groups is 6. The molecular formula is C22H31N5O8. The van der Waals surface area contributed by atoms with Crippen LogP contribution in [0.2, 0.25) is 0 Å². The number of amides is 4. The summed E-state index contributed by atoms with van der Waals surface area (Å²) in [5.74, 6) is -5.82. The van der Waals surface area contributed by atoms with Gasteiger partial charge in [0.1, 0.15) is 18.1 Å². The van der Waals surface area contributed by atoms with Gasteiger partial charge in [0.2, 0.25) is 23.6 Å². The predicted molar refractivity (Wildman–Crippen MR) is 123 cm³/mol. The highest BCUT2D eigenvalue weighted by atomic mass is 16.4. The van der Waals surface area contributed by atoms with Crippen molar-refractivity contribution < 1.29 is 39.0 Å². The standard InChI is InChI=1S/C22H31N5O8/c1-12(25-20(32)14(23)11-13-5-3-2-4-6-13)19(31)26-15(8-10-18(29)30)21(33)27-16(22(34)35)7-9-17(24)28/h2-6,12,14-16H,7-11,23H2,1H3,(H2,24,28)(H,25,32)(H,26,31)(H,27,33)(H,29,30)(H,34,35). The molecule has 1 aromatic carbocycles. The van der Waals surface area contributed by atoms with E-state index < -0.39 is 66.2 Å². The van der Waals surface area contributed by atoms with Gasteiger partial charge in [0, 0.05) is 12.8 Å². The summed E-state index contributed by atoms with van der Waals surface area (Å²) in [6, 6.07) is 4.02. The Morgan fingerprint density at radius 3 is 1.94 bits per heavy atom. The zero-order chi connectivity index (χ0) is 26.5. The number of hydrogen-bond acceptors (Lipinski definition) is 7. The largest absolute Gasteiger partial charge is 0.481 e. The molecule has 192 valence electrons. The molecule has 0 saturated carbocycles. The molecule has 0 bridgehead atoms. The number of carbonyl (C=O) groups excluding carboxylic acids is 4. The molecule has 13 nitrogen and oxygen atoms in total. The van der Waals surface area contributed by atoms with Crippen molar-refractivity contribution in [1.82, 2.24) is 16.0 Å². The van der Waals surface area contributed by atoms with Gasteiger partial charge < -0.3 is 37.6 Å². The maximum absolute atomic E-state index is 12.6. The molecule has 0 aliphatic rings. The van der Waals surface area contributed by atoms with Crippen molar-refractivity contribution in [3.05, 3.63) is 35.9 Å². The van der Waals surface area contributed by atoms with Gasteiger partial charge in [-0.15, -0.1) is 0 Å². The predicted octanol–water partition coefficient (Wildman–Crippen LogP) is -1.75. The van der Waals surface area contributed by atoms with Crippen LogP contribution in [0.5, 0.6) is 0 Å². The lowest BCUT2D eigenvalue weighted by atomic mass is 10.1. The normalized spacial score (nSPS) is 14.0. The maximum Gasteiger partial charge on any atom is 0.326 e. The summed E-state index contributed by atoms with van der Waals surface area (Å²) >= 11 is 0. The average molecular weight is 494 g/mol. The SMILES string of the molecule is CC(NC(=O)C(N)Cc1ccccc1)C(=O)NC(CCC(=O)O)C(=O)NC(CCC(N)=O)C(=O)O. The Kier molecular flexibility index (Phi) is 11.9. The molecule has 0 aliphatic heterocycles. The van der Waals surface area contributed by atoms with Crippen molar-refractivity contribution in [3.63, 3.8) is 0 Å². The van der Waals surface area contributed by atoms with E-state index in [1.165, 1.54) is 6.92 Å². The van der Waals surface area contributed by atoms with Crippen molar-refractivity contribution in [2.45, 2.75) is 63.2 Å². The second-order valence-corrected chi connectivity index (χ2v) is 7.92. The van der Waals surface area contributed by atoms with Crippen LogP contribution in [0.4, 0.5) is 0 Å². The Bertz CT molecular complexity index is 924. The fourth-order valence-electron chi connectivity index (χ4n) is 3.00. The number of aliphatic carboxylic acids is 2. The molecule has 4 amide bonds. The van der Waals surface area contributed by atoms with E-state index in [2.05, 4.69) is 16.0 Å².